The molecule has 252 valence electrons. The van der Waals surface area contributed by atoms with Crippen LogP contribution in [0.1, 0.15) is 48.8 Å². The van der Waals surface area contributed by atoms with E-state index in [2.05, 4.69) is 28.1 Å². The van der Waals surface area contributed by atoms with Crippen molar-refractivity contribution in [1.82, 2.24) is 24.5 Å². The molecule has 0 unspecified atom stereocenters. The molecule has 13 heteroatoms. The van der Waals surface area contributed by atoms with E-state index in [1.807, 2.05) is 21.2 Å². The number of nitrogens with two attached hydrogens (primary N) is 1. The summed E-state index contributed by atoms with van der Waals surface area (Å²) in [6.45, 7) is 6.91. The molecular formula is C34H44ClN7O4S. The summed E-state index contributed by atoms with van der Waals surface area (Å²) in [5, 5.41) is 6.16. The number of anilines is 2. The maximum atomic E-state index is 14.0. The fraction of sp³-hybridized carbons (Fsp3) is 0.559. The number of hydrogen-bond acceptors (Lipinski definition) is 8. The lowest BCUT2D eigenvalue weighted by molar-refractivity contribution is -0.142. The first-order chi connectivity index (χ1) is 22.7. The predicted molar refractivity (Wildman–Crippen MR) is 185 cm³/mol. The van der Waals surface area contributed by atoms with E-state index in [-0.39, 0.29) is 24.4 Å². The molecule has 47 heavy (non-hydrogen) atoms. The summed E-state index contributed by atoms with van der Waals surface area (Å²) in [7, 11) is 2.17. The molecule has 0 spiro atoms. The van der Waals surface area contributed by atoms with E-state index in [0.717, 1.165) is 56.0 Å². The number of thiophene rings is 1. The lowest BCUT2D eigenvalue weighted by Crippen LogP contribution is -2.53. The molecule has 4 aliphatic heterocycles. The quantitative estimate of drug-likeness (QED) is 0.348. The lowest BCUT2D eigenvalue weighted by atomic mass is 10.00. The number of piperidine rings is 2. The number of terminal acetylenes is 1. The van der Waals surface area contributed by atoms with E-state index < -0.39 is 12.2 Å². The highest BCUT2D eigenvalue weighted by molar-refractivity contribution is 7.14. The van der Waals surface area contributed by atoms with Gasteiger partial charge >= 0.3 is 12.1 Å². The summed E-state index contributed by atoms with van der Waals surface area (Å²) in [6, 6.07) is 5.79. The molecule has 0 aliphatic carbocycles. The van der Waals surface area contributed by atoms with Gasteiger partial charge in [-0.1, -0.05) is 17.5 Å². The van der Waals surface area contributed by atoms with E-state index in [9.17, 15) is 14.4 Å². The number of nitrogens with one attached hydrogen (secondary N) is 1. The number of ether oxygens (including phenoxy) is 1. The van der Waals surface area contributed by atoms with Crippen LogP contribution in [0.15, 0.2) is 23.6 Å². The maximum Gasteiger partial charge on any atom is 0.410 e. The highest BCUT2D eigenvalue weighted by Crippen LogP contribution is 2.32. The lowest BCUT2D eigenvalue weighted by Gasteiger charge is -2.40. The Balaban J connectivity index is 1.10. The molecule has 2 aromatic rings. The Morgan fingerprint density at radius 1 is 1.06 bits per heavy atom. The van der Waals surface area contributed by atoms with Gasteiger partial charge in [0.05, 0.1) is 17.3 Å². The summed E-state index contributed by atoms with van der Waals surface area (Å²) < 4.78 is 6.02. The van der Waals surface area contributed by atoms with Gasteiger partial charge in [-0.2, -0.15) is 0 Å². The van der Waals surface area contributed by atoms with Crippen LogP contribution >= 0.6 is 22.9 Å². The Kier molecular flexibility index (Phi) is 10.5. The average molecular weight is 682 g/mol. The van der Waals surface area contributed by atoms with Gasteiger partial charge in [0.1, 0.15) is 5.00 Å². The monoisotopic (exact) mass is 681 g/mol. The van der Waals surface area contributed by atoms with Crippen molar-refractivity contribution in [2.24, 2.45) is 0 Å². The number of rotatable bonds is 6. The van der Waals surface area contributed by atoms with Gasteiger partial charge in [0, 0.05) is 68.9 Å². The van der Waals surface area contributed by atoms with Crippen molar-refractivity contribution in [2.75, 3.05) is 70.5 Å². The van der Waals surface area contributed by atoms with Crippen LogP contribution in [-0.2, 0) is 22.5 Å². The molecule has 1 atom stereocenters. The smallest absolute Gasteiger partial charge is 0.410 e. The normalized spacial score (nSPS) is 21.0. The SMILES string of the molecule is C#Cc1cc(C[C@@H](OC(=O)N2CCC(N3Cc4ccsc4NC3=O)CC2)C(=O)N2CCC(N3CCCN(C)CC3)CC2)cc(Cl)c1N. The van der Waals surface area contributed by atoms with E-state index in [1.165, 1.54) is 11.3 Å². The minimum absolute atomic E-state index is 0.00882. The molecule has 4 amide bonds. The van der Waals surface area contributed by atoms with Crippen LogP contribution in [0, 0.1) is 12.3 Å². The van der Waals surface area contributed by atoms with Crippen molar-refractivity contribution in [3.8, 4) is 12.3 Å². The van der Waals surface area contributed by atoms with Gasteiger partial charge in [0.2, 0.25) is 0 Å². The number of likely N-dealkylation sites (N-methyl/N-ethyl adjacent to an activating group) is 1. The van der Waals surface area contributed by atoms with Crippen molar-refractivity contribution in [1.29, 1.82) is 0 Å². The molecule has 0 bridgehead atoms. The average Bonchev–Trinajstić information content (AvgIpc) is 3.42. The fourth-order valence-corrected chi connectivity index (χ4v) is 8.28. The number of carbonyl (C=O) groups is 3. The zero-order chi connectivity index (χ0) is 33.1. The molecule has 11 nitrogen and oxygen atoms in total. The summed E-state index contributed by atoms with van der Waals surface area (Å²) in [4.78, 5) is 50.7. The molecule has 3 N–H and O–H groups in total. The topological polar surface area (TPSA) is 115 Å². The van der Waals surface area contributed by atoms with Crippen LogP contribution in [-0.4, -0.2) is 120 Å². The van der Waals surface area contributed by atoms with E-state index in [0.29, 0.717) is 73.4 Å². The van der Waals surface area contributed by atoms with Crippen LogP contribution in [0.5, 0.6) is 0 Å². The molecule has 3 fully saturated rings. The molecule has 4 aliphatic rings. The summed E-state index contributed by atoms with van der Waals surface area (Å²) in [5.41, 5.74) is 8.58. The first-order valence-corrected chi connectivity index (χ1v) is 17.8. The number of benzene rings is 1. The summed E-state index contributed by atoms with van der Waals surface area (Å²) >= 11 is 7.91. The molecule has 0 radical (unpaired) electrons. The van der Waals surface area contributed by atoms with Gasteiger partial charge in [-0.25, -0.2) is 9.59 Å². The second-order valence-corrected chi connectivity index (χ2v) is 14.4. The highest BCUT2D eigenvalue weighted by atomic mass is 35.5. The minimum atomic E-state index is -1.04. The van der Waals surface area contributed by atoms with Crippen LogP contribution in [0.25, 0.3) is 0 Å². The predicted octanol–water partition coefficient (Wildman–Crippen LogP) is 4.15. The van der Waals surface area contributed by atoms with Crippen molar-refractivity contribution >= 4 is 51.7 Å². The van der Waals surface area contributed by atoms with Crippen LogP contribution in [0.4, 0.5) is 20.3 Å². The number of carbonyl (C=O) groups excluding carboxylic acids is 3. The number of likely N-dealkylation sites (tertiary alicyclic amines) is 2. The number of halogens is 1. The van der Waals surface area contributed by atoms with Gasteiger partial charge in [-0.15, -0.1) is 17.8 Å². The van der Waals surface area contributed by atoms with Crippen molar-refractivity contribution in [3.05, 3.63) is 45.3 Å². The first kappa shape index (κ1) is 33.4. The third-order valence-electron chi connectivity index (χ3n) is 10.1. The van der Waals surface area contributed by atoms with Crippen molar-refractivity contribution in [3.63, 3.8) is 0 Å². The van der Waals surface area contributed by atoms with Gasteiger partial charge in [-0.05, 0) is 81.4 Å². The van der Waals surface area contributed by atoms with Crippen LogP contribution in [0.2, 0.25) is 5.02 Å². The second kappa shape index (κ2) is 14.7. The first-order valence-electron chi connectivity index (χ1n) is 16.6. The Bertz CT molecular complexity index is 1510. The Labute approximate surface area is 285 Å². The number of hydrogen-bond donors (Lipinski definition) is 2. The Morgan fingerprint density at radius 2 is 1.79 bits per heavy atom. The van der Waals surface area contributed by atoms with Crippen molar-refractivity contribution in [2.45, 2.75) is 63.3 Å². The van der Waals surface area contributed by atoms with Crippen LogP contribution in [0.3, 0.4) is 0 Å². The van der Waals surface area contributed by atoms with E-state index in [1.54, 1.807) is 17.0 Å². The molecular weight excluding hydrogens is 638 g/mol. The van der Waals surface area contributed by atoms with Crippen molar-refractivity contribution < 1.29 is 19.1 Å². The van der Waals surface area contributed by atoms with Gasteiger partial charge in [-0.3, -0.25) is 15.0 Å². The third kappa shape index (κ3) is 7.64. The summed E-state index contributed by atoms with van der Waals surface area (Å²) in [5.74, 6) is 2.34. The molecule has 5 heterocycles. The maximum absolute atomic E-state index is 14.0. The van der Waals surface area contributed by atoms with Gasteiger partial charge < -0.3 is 30.1 Å². The minimum Gasteiger partial charge on any atom is -0.436 e. The molecule has 0 saturated carbocycles. The molecule has 1 aromatic carbocycles. The summed E-state index contributed by atoms with van der Waals surface area (Å²) in [6.07, 6.45) is 8.39. The number of nitrogens with zero attached hydrogens (tertiary/aromatic N) is 5. The molecule has 1 aromatic heterocycles. The Morgan fingerprint density at radius 3 is 2.53 bits per heavy atom. The second-order valence-electron chi connectivity index (χ2n) is 13.1. The van der Waals surface area contributed by atoms with Gasteiger partial charge in [0.15, 0.2) is 6.10 Å². The third-order valence-corrected chi connectivity index (χ3v) is 11.2. The number of fused-ring (bicyclic) bond motifs is 1. The highest BCUT2D eigenvalue weighted by Gasteiger charge is 2.37. The largest absolute Gasteiger partial charge is 0.436 e. The zero-order valence-corrected chi connectivity index (χ0v) is 28.5. The zero-order valence-electron chi connectivity index (χ0n) is 27.0. The molecule has 6 rings (SSSR count). The number of nitrogen functional groups attached to an aromatic ring is 1. The van der Waals surface area contributed by atoms with Gasteiger partial charge in [0.25, 0.3) is 5.91 Å². The van der Waals surface area contributed by atoms with E-state index in [4.69, 9.17) is 28.5 Å². The Hall–Kier alpha value is -3.50. The fourth-order valence-electron chi connectivity index (χ4n) is 7.24. The number of amides is 4. The van der Waals surface area contributed by atoms with Crippen LogP contribution < -0.4 is 11.1 Å². The van der Waals surface area contributed by atoms with E-state index >= 15 is 0 Å². The standard InChI is InChI=1S/C34H44ClN7O4S/c1-3-24-19-23(20-28(35)30(24)36)21-29(32(43)40-12-5-26(6-13-40)39-11-4-10-38(2)16-17-39)46-34(45)41-14-7-27(8-15-41)42-22-25-9-18-47-31(25)37-33(42)44/h1,9,18-20,26-27,29H,4-8,10-17,21-22,36H2,2H3,(H,37,44)/t29-/m1/s1. The number of urea groups is 1. The molecule has 3 saturated heterocycles.